The zero-order chi connectivity index (χ0) is 18.4. The number of amides is 1. The van der Waals surface area contributed by atoms with Gasteiger partial charge in [0.2, 0.25) is 0 Å². The van der Waals surface area contributed by atoms with E-state index in [9.17, 15) is 4.79 Å². The quantitative estimate of drug-likeness (QED) is 0.820. The predicted molar refractivity (Wildman–Crippen MR) is 98.9 cm³/mol. The first-order valence-corrected chi connectivity index (χ1v) is 8.19. The Morgan fingerprint density at radius 2 is 1.72 bits per heavy atom. The van der Waals surface area contributed by atoms with Crippen molar-refractivity contribution >= 4 is 11.6 Å². The summed E-state index contributed by atoms with van der Waals surface area (Å²) in [4.78, 5) is 12.2. The van der Waals surface area contributed by atoms with Crippen molar-refractivity contribution in [1.82, 2.24) is 0 Å². The normalized spacial score (nSPS) is 10.5. The van der Waals surface area contributed by atoms with Crippen LogP contribution in [-0.2, 0) is 4.79 Å². The van der Waals surface area contributed by atoms with Gasteiger partial charge in [-0.15, -0.1) is 0 Å². The summed E-state index contributed by atoms with van der Waals surface area (Å²) in [6.45, 7) is 6.14. The summed E-state index contributed by atoms with van der Waals surface area (Å²) in [6, 6.07) is 11.3. The van der Waals surface area contributed by atoms with Crippen LogP contribution >= 0.6 is 0 Å². The van der Waals surface area contributed by atoms with Crippen LogP contribution in [0.3, 0.4) is 0 Å². The molecule has 0 radical (unpaired) electrons. The standard InChI is InChI=1S/C20H25NO4/c1-13(2)16-8-6-14(3)10-18(16)25-12-20(22)21-15-7-9-17(23-4)19(11-15)24-5/h6-11,13H,12H2,1-5H3,(H,21,22). The maximum absolute atomic E-state index is 12.2. The molecule has 1 amide bonds. The Morgan fingerprint density at radius 3 is 2.36 bits per heavy atom. The van der Waals surface area contributed by atoms with E-state index < -0.39 is 0 Å². The molecule has 0 saturated carbocycles. The van der Waals surface area contributed by atoms with Crippen molar-refractivity contribution in [2.24, 2.45) is 0 Å². The lowest BCUT2D eigenvalue weighted by atomic mass is 10.0. The van der Waals surface area contributed by atoms with Crippen molar-refractivity contribution in [2.75, 3.05) is 26.1 Å². The van der Waals surface area contributed by atoms with E-state index >= 15 is 0 Å². The molecule has 0 spiro atoms. The van der Waals surface area contributed by atoms with Gasteiger partial charge in [0.1, 0.15) is 5.75 Å². The van der Waals surface area contributed by atoms with E-state index in [-0.39, 0.29) is 12.5 Å². The number of aryl methyl sites for hydroxylation is 1. The van der Waals surface area contributed by atoms with Gasteiger partial charge in [-0.3, -0.25) is 4.79 Å². The Bertz CT molecular complexity index is 740. The summed E-state index contributed by atoms with van der Waals surface area (Å²) in [5.41, 5.74) is 2.81. The van der Waals surface area contributed by atoms with E-state index in [2.05, 4.69) is 19.2 Å². The number of hydrogen-bond donors (Lipinski definition) is 1. The van der Waals surface area contributed by atoms with Crippen molar-refractivity contribution in [3.05, 3.63) is 47.5 Å². The fourth-order valence-corrected chi connectivity index (χ4v) is 2.50. The van der Waals surface area contributed by atoms with E-state index in [0.717, 1.165) is 16.9 Å². The van der Waals surface area contributed by atoms with Crippen molar-refractivity contribution in [3.63, 3.8) is 0 Å². The highest BCUT2D eigenvalue weighted by molar-refractivity contribution is 5.92. The van der Waals surface area contributed by atoms with Crippen molar-refractivity contribution in [1.29, 1.82) is 0 Å². The molecule has 25 heavy (non-hydrogen) atoms. The van der Waals surface area contributed by atoms with Gasteiger partial charge in [0.15, 0.2) is 18.1 Å². The molecule has 0 unspecified atom stereocenters. The first-order chi connectivity index (χ1) is 11.9. The second kappa shape index (κ2) is 8.42. The minimum absolute atomic E-state index is 0.0580. The largest absolute Gasteiger partial charge is 0.493 e. The van der Waals surface area contributed by atoms with Crippen LogP contribution in [0.25, 0.3) is 0 Å². The fourth-order valence-electron chi connectivity index (χ4n) is 2.50. The zero-order valence-corrected chi connectivity index (χ0v) is 15.4. The highest BCUT2D eigenvalue weighted by atomic mass is 16.5. The Balaban J connectivity index is 2.03. The number of anilines is 1. The smallest absolute Gasteiger partial charge is 0.262 e. The van der Waals surface area contributed by atoms with Gasteiger partial charge in [-0.25, -0.2) is 0 Å². The number of carbonyl (C=O) groups is 1. The molecule has 2 aromatic carbocycles. The van der Waals surface area contributed by atoms with Gasteiger partial charge in [-0.2, -0.15) is 0 Å². The molecule has 0 heterocycles. The van der Waals surface area contributed by atoms with Gasteiger partial charge in [-0.1, -0.05) is 26.0 Å². The molecule has 0 aliphatic rings. The first-order valence-electron chi connectivity index (χ1n) is 8.19. The highest BCUT2D eigenvalue weighted by Gasteiger charge is 2.11. The van der Waals surface area contributed by atoms with Crippen LogP contribution in [-0.4, -0.2) is 26.7 Å². The summed E-state index contributed by atoms with van der Waals surface area (Å²) in [5.74, 6) is 2.01. The lowest BCUT2D eigenvalue weighted by Gasteiger charge is -2.15. The van der Waals surface area contributed by atoms with Gasteiger partial charge in [0, 0.05) is 11.8 Å². The number of nitrogens with one attached hydrogen (secondary N) is 1. The van der Waals surface area contributed by atoms with Crippen LogP contribution in [0.15, 0.2) is 36.4 Å². The van der Waals surface area contributed by atoms with Crippen LogP contribution < -0.4 is 19.5 Å². The molecular weight excluding hydrogens is 318 g/mol. The fraction of sp³-hybridized carbons (Fsp3) is 0.350. The second-order valence-corrected chi connectivity index (χ2v) is 6.10. The van der Waals surface area contributed by atoms with E-state index in [0.29, 0.717) is 23.1 Å². The summed E-state index contributed by atoms with van der Waals surface area (Å²) in [5, 5.41) is 2.80. The lowest BCUT2D eigenvalue weighted by molar-refractivity contribution is -0.118. The Kier molecular flexibility index (Phi) is 6.28. The molecule has 134 valence electrons. The van der Waals surface area contributed by atoms with Crippen molar-refractivity contribution in [2.45, 2.75) is 26.7 Å². The van der Waals surface area contributed by atoms with Crippen LogP contribution in [0.5, 0.6) is 17.2 Å². The Morgan fingerprint density at radius 1 is 1.00 bits per heavy atom. The molecule has 2 rings (SSSR count). The third kappa shape index (κ3) is 4.89. The van der Waals surface area contributed by atoms with E-state index in [1.807, 2.05) is 25.1 Å². The molecule has 5 heteroatoms. The second-order valence-electron chi connectivity index (χ2n) is 6.10. The third-order valence-corrected chi connectivity index (χ3v) is 3.82. The molecule has 0 bridgehead atoms. The Labute approximate surface area is 148 Å². The monoisotopic (exact) mass is 343 g/mol. The number of benzene rings is 2. The van der Waals surface area contributed by atoms with Crippen molar-refractivity contribution in [3.8, 4) is 17.2 Å². The van der Waals surface area contributed by atoms with Gasteiger partial charge in [0.05, 0.1) is 14.2 Å². The molecule has 0 fully saturated rings. The van der Waals surface area contributed by atoms with Crippen LogP contribution in [0, 0.1) is 6.92 Å². The molecule has 0 aromatic heterocycles. The van der Waals surface area contributed by atoms with Gasteiger partial charge in [0.25, 0.3) is 5.91 Å². The average molecular weight is 343 g/mol. The maximum atomic E-state index is 12.2. The highest BCUT2D eigenvalue weighted by Crippen LogP contribution is 2.30. The minimum atomic E-state index is -0.233. The van der Waals surface area contributed by atoms with E-state index in [4.69, 9.17) is 14.2 Å². The van der Waals surface area contributed by atoms with E-state index in [1.54, 1.807) is 32.4 Å². The minimum Gasteiger partial charge on any atom is -0.493 e. The maximum Gasteiger partial charge on any atom is 0.262 e. The van der Waals surface area contributed by atoms with Crippen LogP contribution in [0.1, 0.15) is 30.9 Å². The summed E-state index contributed by atoms with van der Waals surface area (Å²) in [6.07, 6.45) is 0. The Hall–Kier alpha value is -2.69. The number of ether oxygens (including phenoxy) is 3. The molecular formula is C20H25NO4. The zero-order valence-electron chi connectivity index (χ0n) is 15.4. The van der Waals surface area contributed by atoms with E-state index in [1.165, 1.54) is 0 Å². The summed E-state index contributed by atoms with van der Waals surface area (Å²) in [7, 11) is 3.12. The SMILES string of the molecule is COc1ccc(NC(=O)COc2cc(C)ccc2C(C)C)cc1OC. The summed E-state index contributed by atoms with van der Waals surface area (Å²) < 4.78 is 16.2. The van der Waals surface area contributed by atoms with Crippen LogP contribution in [0.4, 0.5) is 5.69 Å². The van der Waals surface area contributed by atoms with Gasteiger partial charge in [-0.05, 0) is 42.2 Å². The number of carbonyl (C=O) groups excluding carboxylic acids is 1. The number of hydrogen-bond acceptors (Lipinski definition) is 4. The van der Waals surface area contributed by atoms with Gasteiger partial charge >= 0.3 is 0 Å². The third-order valence-electron chi connectivity index (χ3n) is 3.82. The van der Waals surface area contributed by atoms with Crippen molar-refractivity contribution < 1.29 is 19.0 Å². The molecule has 0 atom stereocenters. The average Bonchev–Trinajstić information content (AvgIpc) is 2.59. The molecule has 5 nitrogen and oxygen atoms in total. The summed E-state index contributed by atoms with van der Waals surface area (Å²) >= 11 is 0. The molecule has 2 aromatic rings. The van der Waals surface area contributed by atoms with Crippen LogP contribution in [0.2, 0.25) is 0 Å². The van der Waals surface area contributed by atoms with Gasteiger partial charge < -0.3 is 19.5 Å². The predicted octanol–water partition coefficient (Wildman–Crippen LogP) is 4.15. The molecule has 1 N–H and O–H groups in total. The number of rotatable bonds is 7. The number of methoxy groups -OCH3 is 2. The molecule has 0 saturated heterocycles. The molecule has 0 aliphatic heterocycles. The lowest BCUT2D eigenvalue weighted by Crippen LogP contribution is -2.20. The molecule has 0 aliphatic carbocycles. The topological polar surface area (TPSA) is 56.8 Å². The first kappa shape index (κ1) is 18.6.